The monoisotopic (exact) mass is 378 g/mol. The highest BCUT2D eigenvalue weighted by molar-refractivity contribution is 5.54. The summed E-state index contributed by atoms with van der Waals surface area (Å²) in [6.07, 6.45) is 11.7. The largest absolute Gasteiger partial charge is 0.542 e. The molecule has 0 aliphatic rings. The minimum Gasteiger partial charge on any atom is -0.542 e. The van der Waals surface area contributed by atoms with Gasteiger partial charge in [-0.2, -0.15) is 0 Å². The average Bonchev–Trinajstić information content (AvgIpc) is 2.65. The summed E-state index contributed by atoms with van der Waals surface area (Å²) in [5.41, 5.74) is 0.595. The van der Waals surface area contributed by atoms with Crippen molar-refractivity contribution < 1.29 is 19.6 Å². The molecule has 6 heteroatoms. The Balaban J connectivity index is 2.25. The Morgan fingerprint density at radius 1 is 0.926 bits per heavy atom. The third-order valence-corrected chi connectivity index (χ3v) is 4.78. The van der Waals surface area contributed by atoms with E-state index in [0.29, 0.717) is 12.0 Å². The zero-order valence-corrected chi connectivity index (χ0v) is 16.4. The molecule has 0 spiro atoms. The van der Waals surface area contributed by atoms with E-state index in [1.54, 1.807) is 12.1 Å². The second kappa shape index (κ2) is 14.0. The topological polar surface area (TPSA) is 92.5 Å². The zero-order valence-electron chi connectivity index (χ0n) is 16.4. The number of nitro groups is 1. The molecule has 0 radical (unpaired) electrons. The predicted octanol–water partition coefficient (Wildman–Crippen LogP) is 5.70. The molecule has 27 heavy (non-hydrogen) atoms. The highest BCUT2D eigenvalue weighted by atomic mass is 16.7. The maximum Gasteiger partial charge on any atom is 0.269 e. The fourth-order valence-corrected chi connectivity index (χ4v) is 3.21. The van der Waals surface area contributed by atoms with Gasteiger partial charge in [0.1, 0.15) is 0 Å². The summed E-state index contributed by atoms with van der Waals surface area (Å²) in [5.74, 6) is 0. The van der Waals surface area contributed by atoms with Crippen LogP contribution >= 0.6 is 0 Å². The molecule has 0 amide bonds. The summed E-state index contributed by atoms with van der Waals surface area (Å²) < 4.78 is 4.86. The van der Waals surface area contributed by atoms with Crippen LogP contribution < -0.4 is 5.11 Å². The standard InChI is InChI=1S/C21H33NO5/c1-2-3-4-5-6-7-8-9-10-11-12-13-20(27-21(23)24)18-14-16-19(17-15-18)22(25)26/h14-17,20H,2-13H2,1H3,(H,23,24)/p-1. The summed E-state index contributed by atoms with van der Waals surface area (Å²) in [6, 6.07) is 5.82. The van der Waals surface area contributed by atoms with Crippen LogP contribution in [0.3, 0.4) is 0 Å². The molecule has 0 aliphatic carbocycles. The Morgan fingerprint density at radius 3 is 1.85 bits per heavy atom. The number of hydrogen-bond donors (Lipinski definition) is 0. The van der Waals surface area contributed by atoms with E-state index in [2.05, 4.69) is 6.92 Å². The highest BCUT2D eigenvalue weighted by Gasteiger charge is 2.12. The fraction of sp³-hybridized carbons (Fsp3) is 0.667. The van der Waals surface area contributed by atoms with Gasteiger partial charge in [0.2, 0.25) is 0 Å². The number of carbonyl (C=O) groups excluding carboxylic acids is 1. The molecule has 1 aromatic rings. The van der Waals surface area contributed by atoms with Gasteiger partial charge in [-0.25, -0.2) is 0 Å². The number of ether oxygens (including phenoxy) is 1. The molecule has 0 aliphatic heterocycles. The number of hydrogen-bond acceptors (Lipinski definition) is 5. The van der Waals surface area contributed by atoms with Gasteiger partial charge < -0.3 is 14.6 Å². The minimum atomic E-state index is -1.57. The summed E-state index contributed by atoms with van der Waals surface area (Å²) in [7, 11) is 0. The summed E-state index contributed by atoms with van der Waals surface area (Å²) in [5, 5.41) is 21.5. The van der Waals surface area contributed by atoms with Crippen molar-refractivity contribution in [3.8, 4) is 0 Å². The molecule has 1 atom stereocenters. The lowest BCUT2D eigenvalue weighted by atomic mass is 10.0. The van der Waals surface area contributed by atoms with Crippen molar-refractivity contribution in [3.05, 3.63) is 39.9 Å². The Morgan fingerprint density at radius 2 is 1.41 bits per heavy atom. The molecule has 1 unspecified atom stereocenters. The molecule has 0 aromatic heterocycles. The van der Waals surface area contributed by atoms with Crippen molar-refractivity contribution in [1.82, 2.24) is 0 Å². The van der Waals surface area contributed by atoms with Crippen LogP contribution in [0.15, 0.2) is 24.3 Å². The number of nitro benzene ring substituents is 1. The van der Waals surface area contributed by atoms with Gasteiger partial charge >= 0.3 is 0 Å². The second-order valence-corrected chi connectivity index (χ2v) is 7.03. The fourth-order valence-electron chi connectivity index (χ4n) is 3.21. The van der Waals surface area contributed by atoms with Gasteiger partial charge in [0.15, 0.2) is 0 Å². The summed E-state index contributed by atoms with van der Waals surface area (Å²) >= 11 is 0. The molecular formula is C21H32NO5-. The molecule has 0 N–H and O–H groups in total. The van der Waals surface area contributed by atoms with E-state index < -0.39 is 17.2 Å². The van der Waals surface area contributed by atoms with E-state index in [4.69, 9.17) is 4.74 Å². The number of carboxylic acid groups (broad SMARTS) is 1. The van der Waals surface area contributed by atoms with Crippen molar-refractivity contribution in [2.45, 2.75) is 90.1 Å². The molecule has 1 rings (SSSR count). The third kappa shape index (κ3) is 10.6. The molecule has 0 fully saturated rings. The van der Waals surface area contributed by atoms with Gasteiger partial charge in [-0.05, 0) is 12.0 Å². The molecule has 0 bridgehead atoms. The van der Waals surface area contributed by atoms with Gasteiger partial charge in [0.05, 0.1) is 11.0 Å². The zero-order chi connectivity index (χ0) is 19.9. The van der Waals surface area contributed by atoms with Crippen molar-refractivity contribution >= 4 is 11.8 Å². The van der Waals surface area contributed by atoms with Crippen molar-refractivity contribution in [1.29, 1.82) is 0 Å². The number of nitrogens with zero attached hydrogens (tertiary/aromatic N) is 1. The number of benzene rings is 1. The Kier molecular flexibility index (Phi) is 11.9. The number of non-ortho nitro benzene ring substituents is 1. The van der Waals surface area contributed by atoms with Gasteiger partial charge in [-0.1, -0.05) is 89.7 Å². The second-order valence-electron chi connectivity index (χ2n) is 7.03. The van der Waals surface area contributed by atoms with Crippen LogP contribution in [0.5, 0.6) is 0 Å². The van der Waals surface area contributed by atoms with Gasteiger partial charge in [-0.3, -0.25) is 10.1 Å². The van der Waals surface area contributed by atoms with Crippen LogP contribution in [0.2, 0.25) is 0 Å². The van der Waals surface area contributed by atoms with Crippen LogP contribution in [-0.4, -0.2) is 11.1 Å². The molecular weight excluding hydrogens is 346 g/mol. The number of carbonyl (C=O) groups is 1. The maximum absolute atomic E-state index is 10.8. The van der Waals surface area contributed by atoms with Crippen molar-refractivity contribution in [2.75, 3.05) is 0 Å². The minimum absolute atomic E-state index is 0.0272. The molecule has 0 heterocycles. The summed E-state index contributed by atoms with van der Waals surface area (Å²) in [6.45, 7) is 2.23. The van der Waals surface area contributed by atoms with Crippen molar-refractivity contribution in [2.24, 2.45) is 0 Å². The van der Waals surface area contributed by atoms with E-state index in [0.717, 1.165) is 19.3 Å². The van der Waals surface area contributed by atoms with Crippen LogP contribution in [0.1, 0.15) is 95.6 Å². The van der Waals surface area contributed by atoms with Gasteiger partial charge in [-0.15, -0.1) is 0 Å². The van der Waals surface area contributed by atoms with E-state index in [1.807, 2.05) is 0 Å². The highest BCUT2D eigenvalue weighted by Crippen LogP contribution is 2.26. The van der Waals surface area contributed by atoms with E-state index in [9.17, 15) is 20.0 Å². The quantitative estimate of drug-likeness (QED) is 0.169. The predicted molar refractivity (Wildman–Crippen MR) is 103 cm³/mol. The lowest BCUT2D eigenvalue weighted by Gasteiger charge is -2.22. The lowest BCUT2D eigenvalue weighted by Crippen LogP contribution is -2.25. The SMILES string of the molecule is CCCCCCCCCCCCCC(OC(=O)[O-])c1ccc([N+](=O)[O-])cc1. The lowest BCUT2D eigenvalue weighted by molar-refractivity contribution is -0.384. The van der Waals surface area contributed by atoms with Crippen molar-refractivity contribution in [3.63, 3.8) is 0 Å². The average molecular weight is 378 g/mol. The number of rotatable bonds is 15. The van der Waals surface area contributed by atoms with Crippen LogP contribution in [-0.2, 0) is 4.74 Å². The molecule has 0 saturated heterocycles. The maximum atomic E-state index is 10.8. The molecule has 152 valence electrons. The first kappa shape index (κ1) is 22.9. The van der Waals surface area contributed by atoms with Crippen LogP contribution in [0.4, 0.5) is 10.5 Å². The first-order chi connectivity index (χ1) is 13.0. The van der Waals surface area contributed by atoms with Gasteiger partial charge in [0, 0.05) is 12.1 Å². The first-order valence-corrected chi connectivity index (χ1v) is 10.2. The van der Waals surface area contributed by atoms with Crippen LogP contribution in [0, 0.1) is 10.1 Å². The van der Waals surface area contributed by atoms with E-state index >= 15 is 0 Å². The smallest absolute Gasteiger partial charge is 0.269 e. The Hall–Kier alpha value is -2.11. The van der Waals surface area contributed by atoms with Gasteiger partial charge in [0.25, 0.3) is 11.8 Å². The van der Waals surface area contributed by atoms with E-state index in [-0.39, 0.29) is 5.69 Å². The van der Waals surface area contributed by atoms with Crippen LogP contribution in [0.25, 0.3) is 0 Å². The number of unbranched alkanes of at least 4 members (excludes halogenated alkanes) is 10. The molecule has 6 nitrogen and oxygen atoms in total. The Labute approximate surface area is 162 Å². The Bertz CT molecular complexity index is 544. The third-order valence-electron chi connectivity index (χ3n) is 4.78. The summed E-state index contributed by atoms with van der Waals surface area (Å²) in [4.78, 5) is 21.0. The van der Waals surface area contributed by atoms with E-state index in [1.165, 1.54) is 63.5 Å². The molecule has 1 aromatic carbocycles. The molecule has 0 saturated carbocycles. The normalized spacial score (nSPS) is 11.9. The first-order valence-electron chi connectivity index (χ1n) is 10.2.